The van der Waals surface area contributed by atoms with Crippen molar-refractivity contribution in [1.29, 1.82) is 0 Å². The van der Waals surface area contributed by atoms with Crippen LogP contribution in [0.2, 0.25) is 0 Å². The van der Waals surface area contributed by atoms with Gasteiger partial charge in [-0.3, -0.25) is 0 Å². The van der Waals surface area contributed by atoms with Crippen LogP contribution in [0.4, 0.5) is 0 Å². The Labute approximate surface area is 97.6 Å². The molecule has 0 saturated carbocycles. The van der Waals surface area contributed by atoms with Crippen LogP contribution in [0.25, 0.3) is 0 Å². The lowest BCUT2D eigenvalue weighted by Crippen LogP contribution is -2.39. The van der Waals surface area contributed by atoms with E-state index in [1.54, 1.807) is 18.4 Å². The van der Waals surface area contributed by atoms with Gasteiger partial charge in [-0.2, -0.15) is 0 Å². The van der Waals surface area contributed by atoms with E-state index in [9.17, 15) is 0 Å². The van der Waals surface area contributed by atoms with Crippen molar-refractivity contribution >= 4 is 27.3 Å². The maximum absolute atomic E-state index is 6.16. The summed E-state index contributed by atoms with van der Waals surface area (Å²) in [5.74, 6) is 0. The number of hydrogen-bond donors (Lipinski definition) is 1. The van der Waals surface area contributed by atoms with Crippen molar-refractivity contribution in [1.82, 2.24) is 0 Å². The number of thiophene rings is 1. The zero-order valence-corrected chi connectivity index (χ0v) is 11.0. The summed E-state index contributed by atoms with van der Waals surface area (Å²) in [7, 11) is 1.71. The van der Waals surface area contributed by atoms with Crippen molar-refractivity contribution in [2.24, 2.45) is 5.73 Å². The topological polar surface area (TPSA) is 35.2 Å². The van der Waals surface area contributed by atoms with Crippen molar-refractivity contribution in [3.05, 3.63) is 20.8 Å². The molecule has 80 valence electrons. The average molecular weight is 278 g/mol. The minimum absolute atomic E-state index is 0.166. The molecular formula is C10H16BrNOS. The number of ether oxygens (including phenoxy) is 1. The first kappa shape index (κ1) is 12.2. The smallest absolute Gasteiger partial charge is 0.0701 e. The van der Waals surface area contributed by atoms with Crippen LogP contribution in [0.1, 0.15) is 18.2 Å². The second-order valence-corrected chi connectivity index (χ2v) is 6.33. The van der Waals surface area contributed by atoms with E-state index in [2.05, 4.69) is 35.0 Å². The van der Waals surface area contributed by atoms with Crippen LogP contribution in [0.5, 0.6) is 0 Å². The molecule has 2 N–H and O–H groups in total. The molecule has 1 aromatic rings. The van der Waals surface area contributed by atoms with Gasteiger partial charge in [-0.1, -0.05) is 0 Å². The van der Waals surface area contributed by atoms with Crippen LogP contribution in [0, 0.1) is 0 Å². The lowest BCUT2D eigenvalue weighted by atomic mass is 9.95. The van der Waals surface area contributed by atoms with Crippen molar-refractivity contribution in [3.63, 3.8) is 0 Å². The third kappa shape index (κ3) is 4.09. The van der Waals surface area contributed by atoms with E-state index in [0.29, 0.717) is 0 Å². The number of rotatable bonds is 5. The molecule has 0 radical (unpaired) electrons. The number of methoxy groups -OCH3 is 1. The fraction of sp³-hybridized carbons (Fsp3) is 0.600. The summed E-state index contributed by atoms with van der Waals surface area (Å²) in [6, 6.07) is 4.18. The van der Waals surface area contributed by atoms with Crippen molar-refractivity contribution in [2.75, 3.05) is 13.7 Å². The minimum Gasteiger partial charge on any atom is -0.385 e. The summed E-state index contributed by atoms with van der Waals surface area (Å²) < 4.78 is 6.20. The van der Waals surface area contributed by atoms with E-state index < -0.39 is 0 Å². The molecule has 0 bridgehead atoms. The second kappa shape index (κ2) is 5.26. The van der Waals surface area contributed by atoms with Gasteiger partial charge in [0.2, 0.25) is 0 Å². The molecule has 0 saturated heterocycles. The highest BCUT2D eigenvalue weighted by atomic mass is 79.9. The van der Waals surface area contributed by atoms with Crippen LogP contribution < -0.4 is 5.73 Å². The van der Waals surface area contributed by atoms with E-state index in [0.717, 1.165) is 23.2 Å². The van der Waals surface area contributed by atoms with Gasteiger partial charge in [-0.25, -0.2) is 0 Å². The number of halogens is 1. The van der Waals surface area contributed by atoms with Crippen molar-refractivity contribution < 1.29 is 4.74 Å². The molecule has 1 heterocycles. The molecule has 1 aromatic heterocycles. The summed E-state index contributed by atoms with van der Waals surface area (Å²) in [4.78, 5) is 1.32. The van der Waals surface area contributed by atoms with E-state index >= 15 is 0 Å². The Bertz CT molecular complexity index is 285. The highest BCUT2D eigenvalue weighted by Gasteiger charge is 2.19. The predicted octanol–water partition coefficient (Wildman–Crippen LogP) is 2.81. The first-order valence-electron chi connectivity index (χ1n) is 4.55. The Morgan fingerprint density at radius 3 is 2.79 bits per heavy atom. The molecule has 1 unspecified atom stereocenters. The lowest BCUT2D eigenvalue weighted by molar-refractivity contribution is 0.172. The fourth-order valence-corrected chi connectivity index (χ4v) is 2.95. The molecule has 0 fully saturated rings. The maximum atomic E-state index is 6.16. The second-order valence-electron chi connectivity index (χ2n) is 3.78. The zero-order valence-electron chi connectivity index (χ0n) is 8.55. The normalized spacial score (nSPS) is 15.4. The van der Waals surface area contributed by atoms with Gasteiger partial charge in [0.25, 0.3) is 0 Å². The first-order valence-corrected chi connectivity index (χ1v) is 6.16. The van der Waals surface area contributed by atoms with Crippen LogP contribution >= 0.6 is 27.3 Å². The quantitative estimate of drug-likeness (QED) is 0.899. The van der Waals surface area contributed by atoms with Gasteiger partial charge in [0.1, 0.15) is 0 Å². The maximum Gasteiger partial charge on any atom is 0.0701 e. The molecule has 1 rings (SSSR count). The molecule has 0 aliphatic heterocycles. The molecule has 2 nitrogen and oxygen atoms in total. The molecule has 0 spiro atoms. The van der Waals surface area contributed by atoms with Gasteiger partial charge < -0.3 is 10.5 Å². The Balaban J connectivity index is 2.49. The van der Waals surface area contributed by atoms with E-state index in [1.165, 1.54) is 4.88 Å². The predicted molar refractivity (Wildman–Crippen MR) is 64.8 cm³/mol. The largest absolute Gasteiger partial charge is 0.385 e. The Kier molecular flexibility index (Phi) is 4.57. The molecule has 0 aliphatic rings. The summed E-state index contributed by atoms with van der Waals surface area (Å²) in [5, 5.41) is 0. The number of hydrogen-bond acceptors (Lipinski definition) is 3. The molecule has 0 aliphatic carbocycles. The summed E-state index contributed by atoms with van der Waals surface area (Å²) in [6.07, 6.45) is 1.80. The van der Waals surface area contributed by atoms with Crippen LogP contribution in [0.3, 0.4) is 0 Å². The third-order valence-corrected chi connectivity index (χ3v) is 3.71. The zero-order chi connectivity index (χ0) is 10.6. The van der Waals surface area contributed by atoms with Crippen LogP contribution in [-0.4, -0.2) is 19.3 Å². The third-order valence-electron chi connectivity index (χ3n) is 2.08. The van der Waals surface area contributed by atoms with E-state index in [-0.39, 0.29) is 5.54 Å². The fourth-order valence-electron chi connectivity index (χ4n) is 1.27. The SMILES string of the molecule is COCCC(C)(N)Cc1ccc(Br)s1. The van der Waals surface area contributed by atoms with Crippen molar-refractivity contribution in [3.8, 4) is 0 Å². The average Bonchev–Trinajstić information content (AvgIpc) is 2.47. The van der Waals surface area contributed by atoms with Gasteiger partial charge >= 0.3 is 0 Å². The highest BCUT2D eigenvalue weighted by Crippen LogP contribution is 2.25. The monoisotopic (exact) mass is 277 g/mol. The summed E-state index contributed by atoms with van der Waals surface area (Å²) in [6.45, 7) is 2.79. The van der Waals surface area contributed by atoms with Gasteiger partial charge in [-0.05, 0) is 47.8 Å². The Morgan fingerprint density at radius 1 is 1.57 bits per heavy atom. The Hall–Kier alpha value is 0.1000. The van der Waals surface area contributed by atoms with E-state index in [1.807, 2.05) is 0 Å². The minimum atomic E-state index is -0.166. The van der Waals surface area contributed by atoms with Gasteiger partial charge in [0.15, 0.2) is 0 Å². The molecule has 0 amide bonds. The number of nitrogens with two attached hydrogens (primary N) is 1. The lowest BCUT2D eigenvalue weighted by Gasteiger charge is -2.23. The van der Waals surface area contributed by atoms with Gasteiger partial charge in [0, 0.05) is 24.1 Å². The van der Waals surface area contributed by atoms with Crippen LogP contribution in [-0.2, 0) is 11.2 Å². The van der Waals surface area contributed by atoms with Crippen molar-refractivity contribution in [2.45, 2.75) is 25.3 Å². The molecule has 0 aromatic carbocycles. The standard InChI is InChI=1S/C10H16BrNOS/c1-10(12,5-6-13-2)7-8-3-4-9(11)14-8/h3-4H,5-7,12H2,1-2H3. The molecule has 4 heteroatoms. The van der Waals surface area contributed by atoms with Gasteiger partial charge in [-0.15, -0.1) is 11.3 Å². The highest BCUT2D eigenvalue weighted by molar-refractivity contribution is 9.11. The molecular weight excluding hydrogens is 262 g/mol. The molecule has 14 heavy (non-hydrogen) atoms. The summed E-state index contributed by atoms with van der Waals surface area (Å²) >= 11 is 5.19. The molecule has 1 atom stereocenters. The Morgan fingerprint density at radius 2 is 2.29 bits per heavy atom. The van der Waals surface area contributed by atoms with Gasteiger partial charge in [0.05, 0.1) is 3.79 Å². The summed E-state index contributed by atoms with van der Waals surface area (Å²) in [5.41, 5.74) is 5.99. The van der Waals surface area contributed by atoms with Crippen LogP contribution in [0.15, 0.2) is 15.9 Å². The van der Waals surface area contributed by atoms with E-state index in [4.69, 9.17) is 10.5 Å². The first-order chi connectivity index (χ1) is 6.53.